The quantitative estimate of drug-likeness (QED) is 0.489. The van der Waals surface area contributed by atoms with Gasteiger partial charge in [0.25, 0.3) is 0 Å². The molecule has 2 aromatic heterocycles. The molecule has 0 amide bonds. The van der Waals surface area contributed by atoms with Crippen LogP contribution >= 0.6 is 22.7 Å². The summed E-state index contributed by atoms with van der Waals surface area (Å²) in [4.78, 5) is 9.62. The van der Waals surface area contributed by atoms with Gasteiger partial charge in [-0.15, -0.1) is 22.7 Å². The molecule has 0 aliphatic carbocycles. The van der Waals surface area contributed by atoms with Gasteiger partial charge in [-0.3, -0.25) is 4.90 Å². The van der Waals surface area contributed by atoms with Gasteiger partial charge in [-0.1, -0.05) is 6.07 Å². The molecule has 0 radical (unpaired) electrons. The first-order valence-corrected chi connectivity index (χ1v) is 11.3. The number of rotatable bonds is 7. The third-order valence-corrected chi connectivity index (χ3v) is 7.11. The van der Waals surface area contributed by atoms with Crippen LogP contribution in [0, 0.1) is 0 Å². The largest absolute Gasteiger partial charge is 0.383 e. The molecule has 5 nitrogen and oxygen atoms in total. The highest BCUT2D eigenvalue weighted by molar-refractivity contribution is 7.10. The molecule has 0 bridgehead atoms. The summed E-state index contributed by atoms with van der Waals surface area (Å²) in [5.74, 6) is 0.759. The van der Waals surface area contributed by atoms with E-state index >= 15 is 0 Å². The Kier molecular flexibility index (Phi) is 6.92. The van der Waals surface area contributed by atoms with Crippen LogP contribution in [0.3, 0.4) is 0 Å². The minimum atomic E-state index is -0.940. The average molecular weight is 407 g/mol. The third-order valence-electron chi connectivity index (χ3n) is 4.97. The van der Waals surface area contributed by atoms with Gasteiger partial charge in [-0.2, -0.15) is 0 Å². The van der Waals surface area contributed by atoms with Crippen molar-refractivity contribution in [1.82, 2.24) is 15.5 Å². The van der Waals surface area contributed by atoms with Crippen molar-refractivity contribution < 1.29 is 5.11 Å². The van der Waals surface area contributed by atoms with E-state index in [1.807, 2.05) is 35.8 Å². The van der Waals surface area contributed by atoms with E-state index in [1.54, 1.807) is 11.3 Å². The van der Waals surface area contributed by atoms with Gasteiger partial charge >= 0.3 is 0 Å². The van der Waals surface area contributed by atoms with E-state index in [-0.39, 0.29) is 0 Å². The molecule has 3 heterocycles. The highest BCUT2D eigenvalue weighted by Gasteiger charge is 2.24. The molecule has 2 aromatic rings. The molecule has 0 aromatic carbocycles. The molecule has 0 saturated carbocycles. The Morgan fingerprint density at radius 1 is 1.33 bits per heavy atom. The minimum absolute atomic E-state index is 0.333. The van der Waals surface area contributed by atoms with Crippen molar-refractivity contribution in [1.29, 1.82) is 0 Å². The molecule has 7 heteroatoms. The van der Waals surface area contributed by atoms with Crippen LogP contribution in [0.1, 0.15) is 36.1 Å². The minimum Gasteiger partial charge on any atom is -0.383 e. The molecule has 1 aliphatic heterocycles. The lowest BCUT2D eigenvalue weighted by Crippen LogP contribution is -2.47. The Labute approximate surface area is 170 Å². The van der Waals surface area contributed by atoms with Gasteiger partial charge in [0.15, 0.2) is 5.96 Å². The molecule has 0 saturated heterocycles. The molecule has 2 atom stereocenters. The van der Waals surface area contributed by atoms with Crippen molar-refractivity contribution in [3.05, 3.63) is 44.3 Å². The van der Waals surface area contributed by atoms with Crippen molar-refractivity contribution in [2.75, 3.05) is 26.2 Å². The van der Waals surface area contributed by atoms with Crippen LogP contribution in [-0.4, -0.2) is 48.2 Å². The predicted octanol–water partition coefficient (Wildman–Crippen LogP) is 3.02. The summed E-state index contributed by atoms with van der Waals surface area (Å²) in [6, 6.07) is 6.59. The Bertz CT molecular complexity index is 739. The number of guanidine groups is 1. The first kappa shape index (κ1) is 20.3. The van der Waals surface area contributed by atoms with Crippen LogP contribution in [0.15, 0.2) is 34.0 Å². The maximum Gasteiger partial charge on any atom is 0.191 e. The first-order chi connectivity index (χ1) is 13.0. The van der Waals surface area contributed by atoms with Gasteiger partial charge in [-0.05, 0) is 55.6 Å². The van der Waals surface area contributed by atoms with Crippen LogP contribution in [0.4, 0.5) is 0 Å². The van der Waals surface area contributed by atoms with Crippen molar-refractivity contribution in [3.8, 4) is 0 Å². The maximum atomic E-state index is 10.7. The Morgan fingerprint density at radius 3 is 2.93 bits per heavy atom. The summed E-state index contributed by atoms with van der Waals surface area (Å²) >= 11 is 3.44. The predicted molar refractivity (Wildman–Crippen MR) is 116 cm³/mol. The Hall–Kier alpha value is -1.41. The zero-order chi connectivity index (χ0) is 19.3. The average Bonchev–Trinajstić information content (AvgIpc) is 3.35. The van der Waals surface area contributed by atoms with E-state index in [4.69, 9.17) is 0 Å². The normalized spacial score (nSPS) is 18.6. The second-order valence-electron chi connectivity index (χ2n) is 7.27. The molecule has 27 heavy (non-hydrogen) atoms. The number of thiophene rings is 2. The molecular formula is C20H30N4OS2. The van der Waals surface area contributed by atoms with Crippen LogP contribution in [0.2, 0.25) is 0 Å². The number of hydrogen-bond donors (Lipinski definition) is 3. The van der Waals surface area contributed by atoms with Crippen LogP contribution in [0.25, 0.3) is 0 Å². The molecule has 3 N–H and O–H groups in total. The van der Waals surface area contributed by atoms with Gasteiger partial charge in [0.2, 0.25) is 0 Å². The van der Waals surface area contributed by atoms with Gasteiger partial charge in [0, 0.05) is 42.0 Å². The topological polar surface area (TPSA) is 59.9 Å². The fourth-order valence-electron chi connectivity index (χ4n) is 3.26. The van der Waals surface area contributed by atoms with Crippen LogP contribution < -0.4 is 10.6 Å². The molecule has 3 rings (SSSR count). The van der Waals surface area contributed by atoms with Crippen LogP contribution in [0.5, 0.6) is 0 Å². The Morgan fingerprint density at radius 2 is 2.19 bits per heavy atom. The van der Waals surface area contributed by atoms with E-state index in [0.29, 0.717) is 12.6 Å². The number of hydrogen-bond acceptors (Lipinski definition) is 5. The van der Waals surface area contributed by atoms with Gasteiger partial charge in [0.05, 0.1) is 6.54 Å². The number of fused-ring (bicyclic) bond motifs is 1. The molecule has 0 fully saturated rings. The van der Waals surface area contributed by atoms with Crippen LogP contribution in [-0.2, 0) is 18.6 Å². The highest BCUT2D eigenvalue weighted by atomic mass is 32.1. The van der Waals surface area contributed by atoms with Crippen molar-refractivity contribution in [2.24, 2.45) is 4.99 Å². The fraction of sp³-hybridized carbons (Fsp3) is 0.550. The van der Waals surface area contributed by atoms with Gasteiger partial charge < -0.3 is 15.7 Å². The SMILES string of the molecule is CCNC(=NCC(C)(O)c1cccs1)NCC(C)N1CCc2sccc2C1. The number of aliphatic imine (C=N–C) groups is 1. The zero-order valence-electron chi connectivity index (χ0n) is 16.4. The lowest BCUT2D eigenvalue weighted by Gasteiger charge is -2.33. The standard InChI is InChI=1S/C20H30N4OS2/c1-4-21-19(23-14-20(3,25)18-6-5-10-27-18)22-12-15(2)24-9-7-17-16(13-24)8-11-26-17/h5-6,8,10-11,15,25H,4,7,9,12-14H2,1-3H3,(H2,21,22,23). The molecule has 1 aliphatic rings. The van der Waals surface area contributed by atoms with Gasteiger partial charge in [-0.25, -0.2) is 4.99 Å². The smallest absolute Gasteiger partial charge is 0.191 e. The second kappa shape index (κ2) is 9.19. The van der Waals surface area contributed by atoms with Crippen molar-refractivity contribution in [2.45, 2.75) is 45.4 Å². The number of nitrogens with zero attached hydrogens (tertiary/aromatic N) is 2. The summed E-state index contributed by atoms with van der Waals surface area (Å²) in [5, 5.41) is 21.6. The highest BCUT2D eigenvalue weighted by Crippen LogP contribution is 2.26. The van der Waals surface area contributed by atoms with Crippen molar-refractivity contribution in [3.63, 3.8) is 0 Å². The molecule has 148 valence electrons. The van der Waals surface area contributed by atoms with E-state index in [0.717, 1.165) is 43.4 Å². The first-order valence-electron chi connectivity index (χ1n) is 9.57. The third kappa shape index (κ3) is 5.31. The second-order valence-corrected chi connectivity index (χ2v) is 9.21. The lowest BCUT2D eigenvalue weighted by molar-refractivity contribution is 0.0711. The molecule has 0 spiro atoms. The van der Waals surface area contributed by atoms with E-state index in [2.05, 4.69) is 45.8 Å². The fourth-order valence-corrected chi connectivity index (χ4v) is 4.93. The number of nitrogens with one attached hydrogen (secondary N) is 2. The summed E-state index contributed by atoms with van der Waals surface area (Å²) in [6.45, 7) is 10.2. The molecule has 2 unspecified atom stereocenters. The van der Waals surface area contributed by atoms with E-state index < -0.39 is 5.60 Å². The number of aliphatic hydroxyl groups is 1. The Balaban J connectivity index is 1.55. The monoisotopic (exact) mass is 406 g/mol. The van der Waals surface area contributed by atoms with Crippen molar-refractivity contribution >= 4 is 28.6 Å². The maximum absolute atomic E-state index is 10.7. The summed E-state index contributed by atoms with van der Waals surface area (Å²) in [6.07, 6.45) is 1.15. The zero-order valence-corrected chi connectivity index (χ0v) is 18.0. The summed E-state index contributed by atoms with van der Waals surface area (Å²) in [7, 11) is 0. The lowest BCUT2D eigenvalue weighted by atomic mass is 10.1. The van der Waals surface area contributed by atoms with Gasteiger partial charge in [0.1, 0.15) is 5.60 Å². The van der Waals surface area contributed by atoms with E-state index in [1.165, 1.54) is 10.4 Å². The van der Waals surface area contributed by atoms with E-state index in [9.17, 15) is 5.11 Å². The summed E-state index contributed by atoms with van der Waals surface area (Å²) in [5.41, 5.74) is 0.537. The molecular weight excluding hydrogens is 376 g/mol. The summed E-state index contributed by atoms with van der Waals surface area (Å²) < 4.78 is 0.